The molecule has 0 saturated carbocycles. The molecule has 0 amide bonds. The van der Waals surface area contributed by atoms with Crippen LogP contribution in [0, 0.1) is 5.82 Å². The van der Waals surface area contributed by atoms with E-state index < -0.39 is 5.82 Å². The minimum atomic E-state index is -0.688. The summed E-state index contributed by atoms with van der Waals surface area (Å²) >= 11 is 11.2. The largest absolute Gasteiger partial charge is 0.289 e. The van der Waals surface area contributed by atoms with E-state index in [1.165, 1.54) is 12.1 Å². The van der Waals surface area contributed by atoms with Gasteiger partial charge in [0.2, 0.25) is 0 Å². The van der Waals surface area contributed by atoms with Gasteiger partial charge in [-0.3, -0.25) is 4.79 Å². The first kappa shape index (κ1) is 11.2. The Labute approximate surface area is 91.1 Å². The number of hydrogen-bond donors (Lipinski definition) is 0. The Morgan fingerprint density at radius 2 is 2.07 bits per heavy atom. The lowest BCUT2D eigenvalue weighted by Crippen LogP contribution is -1.97. The molecule has 4 heteroatoms. The fraction of sp³-hybridized carbons (Fsp3) is 0.100. The third kappa shape index (κ3) is 2.34. The van der Waals surface area contributed by atoms with Crippen LogP contribution in [0.1, 0.15) is 17.3 Å². The highest BCUT2D eigenvalue weighted by atomic mass is 35.5. The van der Waals surface area contributed by atoms with Crippen molar-refractivity contribution in [2.24, 2.45) is 0 Å². The molecule has 0 N–H and O–H groups in total. The van der Waals surface area contributed by atoms with Gasteiger partial charge >= 0.3 is 0 Å². The Kier molecular flexibility index (Phi) is 3.67. The van der Waals surface area contributed by atoms with Crippen molar-refractivity contribution in [3.05, 3.63) is 45.7 Å². The van der Waals surface area contributed by atoms with E-state index in [1.807, 2.05) is 0 Å². The van der Waals surface area contributed by atoms with Crippen LogP contribution < -0.4 is 0 Å². The molecule has 0 aliphatic heterocycles. The summed E-state index contributed by atoms with van der Waals surface area (Å²) in [6.45, 7) is 1.69. The Hall–Kier alpha value is -0.860. The van der Waals surface area contributed by atoms with Gasteiger partial charge in [0.25, 0.3) is 0 Å². The smallest absolute Gasteiger partial charge is 0.187 e. The molecule has 0 aliphatic rings. The first-order valence-corrected chi connectivity index (χ1v) is 4.63. The highest BCUT2D eigenvalue weighted by molar-refractivity contribution is 6.36. The summed E-state index contributed by atoms with van der Waals surface area (Å²) in [5, 5.41) is -0.0442. The van der Waals surface area contributed by atoms with Gasteiger partial charge < -0.3 is 0 Å². The Morgan fingerprint density at radius 3 is 2.64 bits per heavy atom. The Balaban J connectivity index is 3.27. The highest BCUT2D eigenvalue weighted by Crippen LogP contribution is 2.25. The maximum absolute atomic E-state index is 13.0. The number of allylic oxidation sites excluding steroid dienone is 2. The van der Waals surface area contributed by atoms with Crippen LogP contribution in [-0.2, 0) is 0 Å². The molecule has 0 saturated heterocycles. The summed E-state index contributed by atoms with van der Waals surface area (Å²) in [5.41, 5.74) is 0.0785. The van der Waals surface area contributed by atoms with Gasteiger partial charge in [0.15, 0.2) is 5.78 Å². The van der Waals surface area contributed by atoms with Gasteiger partial charge in [-0.15, -0.1) is 0 Å². The molecule has 0 aromatic heterocycles. The Morgan fingerprint density at radius 1 is 1.43 bits per heavy atom. The summed E-state index contributed by atoms with van der Waals surface area (Å²) in [7, 11) is 0. The lowest BCUT2D eigenvalue weighted by atomic mass is 10.1. The molecule has 0 atom stereocenters. The molecule has 0 fully saturated rings. The SMILES string of the molecule is C/C=C/C(=O)c1cc(Cl)cc(F)c1Cl. The van der Waals surface area contributed by atoms with E-state index in [0.717, 1.165) is 6.07 Å². The summed E-state index contributed by atoms with van der Waals surface area (Å²) in [4.78, 5) is 11.4. The van der Waals surface area contributed by atoms with Gasteiger partial charge in [0, 0.05) is 10.6 Å². The lowest BCUT2D eigenvalue weighted by Gasteiger charge is -2.01. The van der Waals surface area contributed by atoms with E-state index in [-0.39, 0.29) is 21.4 Å². The van der Waals surface area contributed by atoms with Crippen molar-refractivity contribution in [2.75, 3.05) is 0 Å². The molecule has 74 valence electrons. The fourth-order valence-electron chi connectivity index (χ4n) is 0.976. The molecule has 1 aromatic carbocycles. The third-order valence-electron chi connectivity index (χ3n) is 1.58. The number of rotatable bonds is 2. The fourth-order valence-corrected chi connectivity index (χ4v) is 1.38. The Bertz CT molecular complexity index is 399. The number of ketones is 1. The molecular weight excluding hydrogens is 226 g/mol. The van der Waals surface area contributed by atoms with Crippen molar-refractivity contribution in [3.8, 4) is 0 Å². The molecule has 0 heterocycles. The monoisotopic (exact) mass is 232 g/mol. The maximum Gasteiger partial charge on any atom is 0.187 e. The van der Waals surface area contributed by atoms with Crippen LogP contribution in [0.15, 0.2) is 24.3 Å². The van der Waals surface area contributed by atoms with Crippen LogP contribution in [0.5, 0.6) is 0 Å². The normalized spacial score (nSPS) is 10.9. The van der Waals surface area contributed by atoms with Gasteiger partial charge in [-0.25, -0.2) is 4.39 Å². The molecule has 0 aliphatic carbocycles. The molecule has 0 unspecified atom stereocenters. The van der Waals surface area contributed by atoms with Gasteiger partial charge in [0.1, 0.15) is 5.82 Å². The van der Waals surface area contributed by atoms with Gasteiger partial charge in [0.05, 0.1) is 5.02 Å². The predicted octanol–water partition coefficient (Wildman–Crippen LogP) is 3.89. The van der Waals surface area contributed by atoms with Gasteiger partial charge in [-0.1, -0.05) is 29.3 Å². The van der Waals surface area contributed by atoms with Crippen LogP contribution in [0.3, 0.4) is 0 Å². The van der Waals surface area contributed by atoms with E-state index in [2.05, 4.69) is 0 Å². The number of carbonyl (C=O) groups excluding carboxylic acids is 1. The topological polar surface area (TPSA) is 17.1 Å². The number of carbonyl (C=O) groups is 1. The zero-order chi connectivity index (χ0) is 10.7. The number of halogens is 3. The second-order valence-electron chi connectivity index (χ2n) is 2.61. The average molecular weight is 233 g/mol. The zero-order valence-electron chi connectivity index (χ0n) is 7.35. The average Bonchev–Trinajstić information content (AvgIpc) is 2.11. The number of benzene rings is 1. The van der Waals surface area contributed by atoms with Crippen LogP contribution in [0.2, 0.25) is 10.0 Å². The van der Waals surface area contributed by atoms with Crippen LogP contribution in [0.25, 0.3) is 0 Å². The third-order valence-corrected chi connectivity index (χ3v) is 2.18. The molecule has 1 nitrogen and oxygen atoms in total. The van der Waals surface area contributed by atoms with Gasteiger partial charge in [-0.2, -0.15) is 0 Å². The maximum atomic E-state index is 13.0. The quantitative estimate of drug-likeness (QED) is 0.430. The van der Waals surface area contributed by atoms with Crippen LogP contribution in [-0.4, -0.2) is 5.78 Å². The van der Waals surface area contributed by atoms with Crippen molar-refractivity contribution in [1.29, 1.82) is 0 Å². The first-order valence-electron chi connectivity index (χ1n) is 3.88. The zero-order valence-corrected chi connectivity index (χ0v) is 8.86. The summed E-state index contributed by atoms with van der Waals surface area (Å²) in [5.74, 6) is -1.05. The van der Waals surface area contributed by atoms with E-state index in [4.69, 9.17) is 23.2 Å². The molecule has 0 radical (unpaired) electrons. The van der Waals surface area contributed by atoms with Crippen LogP contribution in [0.4, 0.5) is 4.39 Å². The second kappa shape index (κ2) is 4.58. The highest BCUT2D eigenvalue weighted by Gasteiger charge is 2.12. The van der Waals surface area contributed by atoms with Crippen molar-refractivity contribution >= 4 is 29.0 Å². The van der Waals surface area contributed by atoms with E-state index in [1.54, 1.807) is 13.0 Å². The van der Waals surface area contributed by atoms with E-state index in [9.17, 15) is 9.18 Å². The molecule has 1 aromatic rings. The molecular formula is C10H7Cl2FO. The van der Waals surface area contributed by atoms with Crippen LogP contribution >= 0.6 is 23.2 Å². The van der Waals surface area contributed by atoms with Crippen molar-refractivity contribution in [1.82, 2.24) is 0 Å². The molecule has 14 heavy (non-hydrogen) atoms. The minimum absolute atomic E-state index is 0.0785. The second-order valence-corrected chi connectivity index (χ2v) is 3.43. The van der Waals surface area contributed by atoms with Crippen molar-refractivity contribution in [3.63, 3.8) is 0 Å². The summed E-state index contributed by atoms with van der Waals surface area (Å²) < 4.78 is 13.0. The molecule has 0 spiro atoms. The molecule has 0 bridgehead atoms. The van der Waals surface area contributed by atoms with Crippen molar-refractivity contribution < 1.29 is 9.18 Å². The van der Waals surface area contributed by atoms with Gasteiger partial charge in [-0.05, 0) is 25.1 Å². The minimum Gasteiger partial charge on any atom is -0.289 e. The molecule has 1 rings (SSSR count). The first-order chi connectivity index (χ1) is 6.56. The lowest BCUT2D eigenvalue weighted by molar-refractivity contribution is 0.104. The standard InChI is InChI=1S/C10H7Cl2FO/c1-2-3-9(14)7-4-6(11)5-8(13)10(7)12/h2-5H,1H3/b3-2+. The number of hydrogen-bond acceptors (Lipinski definition) is 1. The van der Waals surface area contributed by atoms with E-state index in [0.29, 0.717) is 0 Å². The van der Waals surface area contributed by atoms with E-state index >= 15 is 0 Å². The predicted molar refractivity (Wildman–Crippen MR) is 55.6 cm³/mol. The summed E-state index contributed by atoms with van der Waals surface area (Å²) in [6, 6.07) is 2.41. The van der Waals surface area contributed by atoms with Crippen molar-refractivity contribution in [2.45, 2.75) is 6.92 Å². The summed E-state index contributed by atoms with van der Waals surface area (Å²) in [6.07, 6.45) is 2.86.